The van der Waals surface area contributed by atoms with Crippen molar-refractivity contribution in [2.24, 2.45) is 0 Å². The summed E-state index contributed by atoms with van der Waals surface area (Å²) >= 11 is 0. The van der Waals surface area contributed by atoms with Gasteiger partial charge < -0.3 is 10.1 Å². The molecule has 7 nitrogen and oxygen atoms in total. The number of esters is 1. The predicted molar refractivity (Wildman–Crippen MR) is 99.2 cm³/mol. The van der Waals surface area contributed by atoms with Gasteiger partial charge in [0.1, 0.15) is 13.2 Å². The Bertz CT molecular complexity index is 999. The zero-order chi connectivity index (χ0) is 19.2. The molecule has 0 aliphatic rings. The summed E-state index contributed by atoms with van der Waals surface area (Å²) in [4.78, 5) is 34.1. The first-order valence-electron chi connectivity index (χ1n) is 8.19. The third-order valence-corrected chi connectivity index (χ3v) is 3.95. The van der Waals surface area contributed by atoms with Crippen molar-refractivity contribution in [3.8, 4) is 0 Å². The van der Waals surface area contributed by atoms with Crippen LogP contribution in [-0.4, -0.2) is 23.3 Å². The Morgan fingerprint density at radius 1 is 0.963 bits per heavy atom. The molecule has 3 rings (SSSR count). The number of nitro groups is 1. The van der Waals surface area contributed by atoms with E-state index in [1.54, 1.807) is 12.1 Å². The van der Waals surface area contributed by atoms with Gasteiger partial charge in [0.25, 0.3) is 11.6 Å². The van der Waals surface area contributed by atoms with Gasteiger partial charge in [0.2, 0.25) is 0 Å². The molecule has 0 aliphatic carbocycles. The van der Waals surface area contributed by atoms with Gasteiger partial charge in [0.15, 0.2) is 0 Å². The topological polar surface area (TPSA) is 98.5 Å². The molecular formula is C20H16N2O5. The van der Waals surface area contributed by atoms with Crippen LogP contribution in [0.4, 0.5) is 5.69 Å². The van der Waals surface area contributed by atoms with Crippen LogP contribution in [0.15, 0.2) is 66.7 Å². The molecular weight excluding hydrogens is 348 g/mol. The molecule has 0 saturated heterocycles. The van der Waals surface area contributed by atoms with Gasteiger partial charge in [-0.05, 0) is 40.6 Å². The van der Waals surface area contributed by atoms with Gasteiger partial charge in [-0.1, -0.05) is 30.3 Å². The van der Waals surface area contributed by atoms with Crippen molar-refractivity contribution >= 4 is 28.3 Å². The lowest BCUT2D eigenvalue weighted by atomic mass is 10.1. The number of nitrogens with one attached hydrogen (secondary N) is 1. The number of nitrogens with zero attached hydrogens (tertiary/aromatic N) is 1. The highest BCUT2D eigenvalue weighted by Gasteiger charge is 2.10. The van der Waals surface area contributed by atoms with Crippen molar-refractivity contribution < 1.29 is 19.2 Å². The van der Waals surface area contributed by atoms with Crippen LogP contribution in [0.2, 0.25) is 0 Å². The molecule has 27 heavy (non-hydrogen) atoms. The molecule has 3 aromatic carbocycles. The number of fused-ring (bicyclic) bond motifs is 1. The van der Waals surface area contributed by atoms with E-state index in [4.69, 9.17) is 4.74 Å². The van der Waals surface area contributed by atoms with Crippen molar-refractivity contribution in [3.05, 3.63) is 88.0 Å². The summed E-state index contributed by atoms with van der Waals surface area (Å²) < 4.78 is 5.06. The molecule has 0 atom stereocenters. The normalized spacial score (nSPS) is 10.4. The van der Waals surface area contributed by atoms with E-state index in [0.29, 0.717) is 11.1 Å². The average Bonchev–Trinajstić information content (AvgIpc) is 2.70. The van der Waals surface area contributed by atoms with Crippen molar-refractivity contribution in [1.82, 2.24) is 5.32 Å². The minimum atomic E-state index is -0.595. The van der Waals surface area contributed by atoms with Gasteiger partial charge in [-0.15, -0.1) is 0 Å². The number of nitro benzene ring substituents is 1. The van der Waals surface area contributed by atoms with Crippen LogP contribution in [0.25, 0.3) is 10.8 Å². The average molecular weight is 364 g/mol. The Morgan fingerprint density at radius 3 is 2.37 bits per heavy atom. The fourth-order valence-electron chi connectivity index (χ4n) is 2.51. The van der Waals surface area contributed by atoms with Crippen LogP contribution in [0, 0.1) is 10.1 Å². The van der Waals surface area contributed by atoms with Gasteiger partial charge in [0.05, 0.1) is 4.92 Å². The number of carbonyl (C=O) groups is 2. The number of non-ortho nitro benzene ring substituents is 1. The van der Waals surface area contributed by atoms with Crippen LogP contribution in [-0.2, 0) is 16.1 Å². The molecule has 7 heteroatoms. The highest BCUT2D eigenvalue weighted by atomic mass is 16.6. The number of carbonyl (C=O) groups excluding carboxylic acids is 2. The van der Waals surface area contributed by atoms with Gasteiger partial charge in [0, 0.05) is 17.7 Å². The molecule has 3 aromatic rings. The largest absolute Gasteiger partial charge is 0.460 e. The third-order valence-electron chi connectivity index (χ3n) is 3.95. The first-order valence-corrected chi connectivity index (χ1v) is 8.19. The minimum absolute atomic E-state index is 0.0251. The summed E-state index contributed by atoms with van der Waals surface area (Å²) in [7, 11) is 0. The molecule has 1 N–H and O–H groups in total. The van der Waals surface area contributed by atoms with Gasteiger partial charge >= 0.3 is 5.97 Å². The minimum Gasteiger partial charge on any atom is -0.460 e. The maximum atomic E-state index is 12.2. The molecule has 0 unspecified atom stereocenters. The Kier molecular flexibility index (Phi) is 5.41. The number of hydrogen-bond donors (Lipinski definition) is 1. The Labute approximate surface area is 154 Å². The van der Waals surface area contributed by atoms with Gasteiger partial charge in [-0.2, -0.15) is 0 Å². The van der Waals surface area contributed by atoms with E-state index < -0.39 is 10.9 Å². The Hall–Kier alpha value is -3.74. The molecule has 1 amide bonds. The summed E-state index contributed by atoms with van der Waals surface area (Å²) in [5, 5.41) is 15.1. The van der Waals surface area contributed by atoms with Gasteiger partial charge in [-0.3, -0.25) is 19.7 Å². The summed E-state index contributed by atoms with van der Waals surface area (Å²) in [6, 6.07) is 18.7. The fraction of sp³-hybridized carbons (Fsp3) is 0.100. The van der Waals surface area contributed by atoms with Crippen molar-refractivity contribution in [3.63, 3.8) is 0 Å². The monoisotopic (exact) mass is 364 g/mol. The Morgan fingerprint density at radius 2 is 1.67 bits per heavy atom. The molecule has 0 saturated carbocycles. The summed E-state index contributed by atoms with van der Waals surface area (Å²) in [5.74, 6) is -0.962. The lowest BCUT2D eigenvalue weighted by Gasteiger charge is -2.07. The van der Waals surface area contributed by atoms with Crippen molar-refractivity contribution in [1.29, 1.82) is 0 Å². The van der Waals surface area contributed by atoms with E-state index in [0.717, 1.165) is 10.8 Å². The smallest absolute Gasteiger partial charge is 0.325 e. The van der Waals surface area contributed by atoms with E-state index in [2.05, 4.69) is 5.32 Å². The lowest BCUT2D eigenvalue weighted by molar-refractivity contribution is -0.384. The van der Waals surface area contributed by atoms with E-state index in [9.17, 15) is 19.7 Å². The summed E-state index contributed by atoms with van der Waals surface area (Å²) in [6.07, 6.45) is 0. The lowest BCUT2D eigenvalue weighted by Crippen LogP contribution is -2.30. The zero-order valence-electron chi connectivity index (χ0n) is 14.3. The molecule has 0 aliphatic heterocycles. The van der Waals surface area contributed by atoms with Crippen LogP contribution >= 0.6 is 0 Å². The molecule has 0 aromatic heterocycles. The summed E-state index contributed by atoms with van der Waals surface area (Å²) in [5.41, 5.74) is 1.04. The molecule has 0 radical (unpaired) electrons. The zero-order valence-corrected chi connectivity index (χ0v) is 14.3. The van der Waals surface area contributed by atoms with E-state index in [1.807, 2.05) is 30.3 Å². The number of ether oxygens (including phenoxy) is 1. The van der Waals surface area contributed by atoms with E-state index >= 15 is 0 Å². The predicted octanol–water partition coefficient (Wildman–Crippen LogP) is 3.22. The second kappa shape index (κ2) is 8.09. The molecule has 0 spiro atoms. The van der Waals surface area contributed by atoms with E-state index in [-0.39, 0.29) is 24.7 Å². The maximum Gasteiger partial charge on any atom is 0.325 e. The summed E-state index contributed by atoms with van der Waals surface area (Å²) in [6.45, 7) is -0.290. The fourth-order valence-corrected chi connectivity index (χ4v) is 2.51. The standard InChI is InChI=1S/C20H16N2O5/c23-19(27-13-14-5-9-18(10-6-14)22(25)26)12-21-20(24)17-8-7-15-3-1-2-4-16(15)11-17/h1-11H,12-13H2,(H,21,24). The maximum absolute atomic E-state index is 12.2. The number of hydrogen-bond acceptors (Lipinski definition) is 5. The molecule has 0 heterocycles. The number of amides is 1. The second-order valence-electron chi connectivity index (χ2n) is 5.83. The van der Waals surface area contributed by atoms with Crippen LogP contribution in [0.1, 0.15) is 15.9 Å². The highest BCUT2D eigenvalue weighted by molar-refractivity contribution is 5.99. The Balaban J connectivity index is 1.50. The highest BCUT2D eigenvalue weighted by Crippen LogP contribution is 2.15. The first kappa shape index (κ1) is 18.1. The van der Waals surface area contributed by atoms with Crippen LogP contribution < -0.4 is 5.32 Å². The molecule has 136 valence electrons. The second-order valence-corrected chi connectivity index (χ2v) is 5.83. The SMILES string of the molecule is O=C(CNC(=O)c1ccc2ccccc2c1)OCc1ccc([N+](=O)[O-])cc1. The van der Waals surface area contributed by atoms with E-state index in [1.165, 1.54) is 24.3 Å². The van der Waals surface area contributed by atoms with Crippen LogP contribution in [0.5, 0.6) is 0 Å². The molecule has 0 fully saturated rings. The van der Waals surface area contributed by atoms with Gasteiger partial charge in [-0.25, -0.2) is 0 Å². The number of benzene rings is 3. The quantitative estimate of drug-likeness (QED) is 0.411. The van der Waals surface area contributed by atoms with Crippen LogP contribution in [0.3, 0.4) is 0 Å². The third kappa shape index (κ3) is 4.66. The first-order chi connectivity index (χ1) is 13.0. The molecule has 0 bridgehead atoms. The number of rotatable bonds is 6. The van der Waals surface area contributed by atoms with Crippen molar-refractivity contribution in [2.45, 2.75) is 6.61 Å². The van der Waals surface area contributed by atoms with Crippen molar-refractivity contribution in [2.75, 3.05) is 6.54 Å².